The molecule has 24 heavy (non-hydrogen) atoms. The zero-order chi connectivity index (χ0) is 17.0. The van der Waals surface area contributed by atoms with Crippen LogP contribution in [0.15, 0.2) is 60.7 Å². The number of carbonyl (C=O) groups is 1. The van der Waals surface area contributed by atoms with E-state index >= 15 is 0 Å². The van der Waals surface area contributed by atoms with Crippen LogP contribution in [0, 0.1) is 17.2 Å². The molecule has 0 radical (unpaired) electrons. The number of ketones is 1. The molecule has 0 aliphatic heterocycles. The zero-order valence-corrected chi connectivity index (χ0v) is 13.9. The summed E-state index contributed by atoms with van der Waals surface area (Å²) in [6.07, 6.45) is 2.80. The fourth-order valence-corrected chi connectivity index (χ4v) is 2.63. The van der Waals surface area contributed by atoms with E-state index in [1.165, 1.54) is 5.56 Å². The van der Waals surface area contributed by atoms with E-state index in [4.69, 9.17) is 10.00 Å². The fraction of sp³-hybridized carbons (Fsp3) is 0.333. The van der Waals surface area contributed by atoms with Gasteiger partial charge in [0.15, 0.2) is 5.78 Å². The van der Waals surface area contributed by atoms with Crippen molar-refractivity contribution in [2.24, 2.45) is 5.92 Å². The molecule has 2 rings (SSSR count). The highest BCUT2D eigenvalue weighted by molar-refractivity contribution is 5.97. The molecule has 0 fully saturated rings. The van der Waals surface area contributed by atoms with Gasteiger partial charge >= 0.3 is 0 Å². The summed E-state index contributed by atoms with van der Waals surface area (Å²) in [5.74, 6) is -0.145. The van der Waals surface area contributed by atoms with E-state index in [9.17, 15) is 4.79 Å². The Morgan fingerprint density at radius 2 is 1.67 bits per heavy atom. The van der Waals surface area contributed by atoms with Crippen LogP contribution in [-0.4, -0.2) is 12.4 Å². The summed E-state index contributed by atoms with van der Waals surface area (Å²) in [5, 5.41) is 8.97. The molecule has 2 aromatic rings. The Balaban J connectivity index is 1.70. The second kappa shape index (κ2) is 10.4. The van der Waals surface area contributed by atoms with Gasteiger partial charge in [-0.25, -0.2) is 0 Å². The van der Waals surface area contributed by atoms with Crippen molar-refractivity contribution in [1.29, 1.82) is 5.26 Å². The fourth-order valence-electron chi connectivity index (χ4n) is 2.63. The molecule has 0 aromatic heterocycles. The van der Waals surface area contributed by atoms with Crippen LogP contribution in [0.25, 0.3) is 0 Å². The summed E-state index contributed by atoms with van der Waals surface area (Å²) >= 11 is 0. The van der Waals surface area contributed by atoms with E-state index in [2.05, 4.69) is 6.07 Å². The van der Waals surface area contributed by atoms with E-state index < -0.39 is 0 Å². The first-order chi connectivity index (χ1) is 11.8. The van der Waals surface area contributed by atoms with Crippen molar-refractivity contribution >= 4 is 5.78 Å². The molecule has 3 nitrogen and oxygen atoms in total. The summed E-state index contributed by atoms with van der Waals surface area (Å²) in [7, 11) is 0. The van der Waals surface area contributed by atoms with Crippen LogP contribution in [0.4, 0.5) is 0 Å². The van der Waals surface area contributed by atoms with Crippen LogP contribution in [0.3, 0.4) is 0 Å². The lowest BCUT2D eigenvalue weighted by Crippen LogP contribution is -2.14. The Morgan fingerprint density at radius 1 is 1.00 bits per heavy atom. The molecule has 0 saturated heterocycles. The van der Waals surface area contributed by atoms with E-state index in [0.717, 1.165) is 19.3 Å². The van der Waals surface area contributed by atoms with Crippen molar-refractivity contribution in [3.8, 4) is 6.07 Å². The second-order valence-corrected chi connectivity index (χ2v) is 5.82. The van der Waals surface area contributed by atoms with Crippen molar-refractivity contribution < 1.29 is 9.53 Å². The maximum absolute atomic E-state index is 12.5. The quantitative estimate of drug-likeness (QED) is 0.467. The Hall–Kier alpha value is -2.44. The summed E-state index contributed by atoms with van der Waals surface area (Å²) < 4.78 is 5.66. The molecule has 2 aromatic carbocycles. The number of nitrogens with zero attached hydrogens (tertiary/aromatic N) is 1. The summed E-state index contributed by atoms with van der Waals surface area (Å²) in [5.41, 5.74) is 1.86. The normalized spacial score (nSPS) is 11.6. The van der Waals surface area contributed by atoms with Crippen molar-refractivity contribution in [1.82, 2.24) is 0 Å². The van der Waals surface area contributed by atoms with Gasteiger partial charge < -0.3 is 4.74 Å². The number of benzene rings is 2. The Labute approximate surface area is 143 Å². The number of rotatable bonds is 10. The molecule has 0 saturated carbocycles. The molecule has 124 valence electrons. The molecule has 3 heteroatoms. The molecular formula is C21H23NO2. The minimum atomic E-state index is -0.216. The van der Waals surface area contributed by atoms with Gasteiger partial charge in [-0.05, 0) is 18.4 Å². The smallest absolute Gasteiger partial charge is 0.166 e. The van der Waals surface area contributed by atoms with Gasteiger partial charge in [-0.1, -0.05) is 67.1 Å². The minimum absolute atomic E-state index is 0.0716. The van der Waals surface area contributed by atoms with Gasteiger partial charge in [0.25, 0.3) is 0 Å². The van der Waals surface area contributed by atoms with E-state index in [1.807, 2.05) is 60.7 Å². The number of ether oxygens (including phenoxy) is 1. The zero-order valence-electron chi connectivity index (χ0n) is 13.9. The first-order valence-electron chi connectivity index (χ1n) is 8.39. The summed E-state index contributed by atoms with van der Waals surface area (Å²) in [6, 6.07) is 21.4. The molecule has 0 amide bonds. The third kappa shape index (κ3) is 5.98. The number of nitriles is 1. The van der Waals surface area contributed by atoms with Crippen molar-refractivity contribution in [3.63, 3.8) is 0 Å². The average molecular weight is 321 g/mol. The Bertz CT molecular complexity index is 647. The number of hydrogen-bond acceptors (Lipinski definition) is 3. The number of carbonyl (C=O) groups excluding carboxylic acids is 1. The Morgan fingerprint density at radius 3 is 2.33 bits per heavy atom. The molecule has 0 aliphatic rings. The first-order valence-corrected chi connectivity index (χ1v) is 8.39. The Kier molecular flexibility index (Phi) is 7.73. The molecule has 0 spiro atoms. The molecule has 1 atom stereocenters. The predicted molar refractivity (Wildman–Crippen MR) is 94.4 cm³/mol. The highest BCUT2D eigenvalue weighted by Crippen LogP contribution is 2.18. The highest BCUT2D eigenvalue weighted by atomic mass is 16.5. The topological polar surface area (TPSA) is 50.1 Å². The van der Waals surface area contributed by atoms with Crippen LogP contribution in [0.5, 0.6) is 0 Å². The molecule has 1 unspecified atom stereocenters. The first kappa shape index (κ1) is 17.9. The van der Waals surface area contributed by atoms with Crippen LogP contribution >= 0.6 is 0 Å². The number of Topliss-reactive ketones (excluding diaryl/α,β-unsaturated/α-hetero) is 1. The van der Waals surface area contributed by atoms with Crippen LogP contribution in [0.2, 0.25) is 0 Å². The maximum atomic E-state index is 12.5. The number of hydrogen-bond donors (Lipinski definition) is 0. The lowest BCUT2D eigenvalue weighted by Gasteiger charge is -2.12. The standard InChI is InChI=1S/C21H23NO2/c22-15-14-20(21(23)19-11-5-2-6-12-19)13-7-8-16-24-17-18-9-3-1-4-10-18/h1-6,9-12,20H,7-8,13-14,16-17H2. The van der Waals surface area contributed by atoms with Gasteiger partial charge in [-0.2, -0.15) is 5.26 Å². The second-order valence-electron chi connectivity index (χ2n) is 5.82. The molecule has 0 heterocycles. The summed E-state index contributed by atoms with van der Waals surface area (Å²) in [4.78, 5) is 12.5. The highest BCUT2D eigenvalue weighted by Gasteiger charge is 2.19. The van der Waals surface area contributed by atoms with E-state index in [-0.39, 0.29) is 18.1 Å². The molecule has 0 aliphatic carbocycles. The number of unbranched alkanes of at least 4 members (excludes halogenated alkanes) is 1. The summed E-state index contributed by atoms with van der Waals surface area (Å²) in [6.45, 7) is 1.29. The van der Waals surface area contributed by atoms with Crippen LogP contribution in [0.1, 0.15) is 41.6 Å². The maximum Gasteiger partial charge on any atom is 0.166 e. The molecular weight excluding hydrogens is 298 g/mol. The largest absolute Gasteiger partial charge is 0.377 e. The molecule has 0 N–H and O–H groups in total. The van der Waals surface area contributed by atoms with Crippen LogP contribution < -0.4 is 0 Å². The molecule has 0 bridgehead atoms. The van der Waals surface area contributed by atoms with Gasteiger partial charge in [0.1, 0.15) is 0 Å². The predicted octanol–water partition coefficient (Wildman–Crippen LogP) is 4.79. The minimum Gasteiger partial charge on any atom is -0.377 e. The van der Waals surface area contributed by atoms with Crippen molar-refractivity contribution in [2.45, 2.75) is 32.3 Å². The van der Waals surface area contributed by atoms with Crippen molar-refractivity contribution in [3.05, 3.63) is 71.8 Å². The lowest BCUT2D eigenvalue weighted by atomic mass is 9.90. The van der Waals surface area contributed by atoms with Gasteiger partial charge in [0.2, 0.25) is 0 Å². The average Bonchev–Trinajstić information content (AvgIpc) is 2.64. The lowest BCUT2D eigenvalue weighted by molar-refractivity contribution is 0.0902. The SMILES string of the molecule is N#CCC(CCCCOCc1ccccc1)C(=O)c1ccccc1. The van der Waals surface area contributed by atoms with Gasteiger partial charge in [0.05, 0.1) is 12.7 Å². The van der Waals surface area contributed by atoms with Crippen LogP contribution in [-0.2, 0) is 11.3 Å². The van der Waals surface area contributed by atoms with Gasteiger partial charge in [0, 0.05) is 24.5 Å². The monoisotopic (exact) mass is 321 g/mol. The third-order valence-electron chi connectivity index (χ3n) is 3.97. The third-order valence-corrected chi connectivity index (χ3v) is 3.97. The van der Waals surface area contributed by atoms with Crippen molar-refractivity contribution in [2.75, 3.05) is 6.61 Å². The van der Waals surface area contributed by atoms with E-state index in [1.54, 1.807) is 0 Å². The van der Waals surface area contributed by atoms with E-state index in [0.29, 0.717) is 18.8 Å². The van der Waals surface area contributed by atoms with Gasteiger partial charge in [-0.15, -0.1) is 0 Å². The van der Waals surface area contributed by atoms with Gasteiger partial charge in [-0.3, -0.25) is 4.79 Å².